The number of nitrogens with zero attached hydrogens (tertiary/aromatic N) is 3. The molecule has 0 saturated carbocycles. The van der Waals surface area contributed by atoms with Crippen LogP contribution in [0, 0.1) is 23.1 Å². The number of fused-ring (bicyclic) bond motifs is 3. The Kier molecular flexibility index (Phi) is 6.23. The molecule has 0 aliphatic heterocycles. The summed E-state index contributed by atoms with van der Waals surface area (Å²) in [5.41, 5.74) is 1.62. The molecule has 1 atom stereocenters. The molecule has 0 radical (unpaired) electrons. The molecule has 0 saturated heterocycles. The fourth-order valence-corrected chi connectivity index (χ4v) is 4.24. The average molecular weight is 501 g/mol. The van der Waals surface area contributed by atoms with E-state index in [1.165, 1.54) is 28.9 Å². The maximum absolute atomic E-state index is 13.6. The third-order valence-electron chi connectivity index (χ3n) is 5.81. The quantitative estimate of drug-likeness (QED) is 0.333. The predicted octanol–water partition coefficient (Wildman–Crippen LogP) is 4.92. The van der Waals surface area contributed by atoms with Crippen molar-refractivity contribution in [1.29, 1.82) is 5.26 Å². The van der Waals surface area contributed by atoms with Gasteiger partial charge in [-0.1, -0.05) is 41.9 Å². The SMILES string of the molecule is N#CC(Cc1nn(-c2ccc(F)cc2)c2c1c(=O)oc1ccc(Cl)cc12)C(=O)NCc1ccccc1. The molecule has 1 amide bonds. The second-order valence-electron chi connectivity index (χ2n) is 8.18. The summed E-state index contributed by atoms with van der Waals surface area (Å²) in [5, 5.41) is 18.2. The molecule has 1 N–H and O–H groups in total. The van der Waals surface area contributed by atoms with E-state index < -0.39 is 23.3 Å². The number of hydrogen-bond acceptors (Lipinski definition) is 5. The van der Waals surface area contributed by atoms with E-state index >= 15 is 0 Å². The van der Waals surface area contributed by atoms with E-state index in [-0.39, 0.29) is 24.0 Å². The molecule has 5 rings (SSSR count). The van der Waals surface area contributed by atoms with Crippen LogP contribution < -0.4 is 10.9 Å². The second-order valence-corrected chi connectivity index (χ2v) is 8.61. The van der Waals surface area contributed by atoms with Crippen molar-refractivity contribution >= 4 is 39.4 Å². The third kappa shape index (κ3) is 4.44. The van der Waals surface area contributed by atoms with E-state index in [1.807, 2.05) is 36.4 Å². The van der Waals surface area contributed by atoms with Crippen molar-refractivity contribution in [2.75, 3.05) is 0 Å². The number of halogens is 2. The highest BCUT2D eigenvalue weighted by Crippen LogP contribution is 2.30. The molecule has 0 bridgehead atoms. The number of benzene rings is 3. The molecule has 0 fully saturated rings. The lowest BCUT2D eigenvalue weighted by atomic mass is 10.0. The summed E-state index contributed by atoms with van der Waals surface area (Å²) in [7, 11) is 0. The molecular formula is C27H18ClFN4O3. The van der Waals surface area contributed by atoms with Gasteiger partial charge in [0.2, 0.25) is 5.91 Å². The van der Waals surface area contributed by atoms with Crippen molar-refractivity contribution in [1.82, 2.24) is 15.1 Å². The number of nitriles is 1. The minimum Gasteiger partial charge on any atom is -0.422 e. The number of carbonyl (C=O) groups excluding carboxylic acids is 1. The smallest absolute Gasteiger partial charge is 0.347 e. The summed E-state index contributed by atoms with van der Waals surface area (Å²) in [6.07, 6.45) is -0.126. The first-order valence-corrected chi connectivity index (χ1v) is 11.4. The maximum atomic E-state index is 13.6. The van der Waals surface area contributed by atoms with Gasteiger partial charge in [-0.05, 0) is 48.0 Å². The van der Waals surface area contributed by atoms with Gasteiger partial charge < -0.3 is 9.73 Å². The minimum absolute atomic E-state index is 0.126. The molecule has 2 aromatic heterocycles. The van der Waals surface area contributed by atoms with Gasteiger partial charge >= 0.3 is 5.63 Å². The molecule has 7 nitrogen and oxygen atoms in total. The topological polar surface area (TPSA) is 101 Å². The van der Waals surface area contributed by atoms with Crippen LogP contribution in [0.25, 0.3) is 27.6 Å². The maximum Gasteiger partial charge on any atom is 0.347 e. The van der Waals surface area contributed by atoms with Crippen LogP contribution in [0.15, 0.2) is 82.0 Å². The Hall–Kier alpha value is -4.48. The van der Waals surface area contributed by atoms with E-state index in [4.69, 9.17) is 16.0 Å². The third-order valence-corrected chi connectivity index (χ3v) is 6.05. The van der Waals surface area contributed by atoms with Crippen LogP contribution in [0.4, 0.5) is 4.39 Å². The average Bonchev–Trinajstić information content (AvgIpc) is 3.27. The van der Waals surface area contributed by atoms with Crippen molar-refractivity contribution in [3.05, 3.63) is 105 Å². The van der Waals surface area contributed by atoms with Crippen LogP contribution in [0.3, 0.4) is 0 Å². The number of amides is 1. The molecule has 0 spiro atoms. The highest BCUT2D eigenvalue weighted by atomic mass is 35.5. The lowest BCUT2D eigenvalue weighted by Crippen LogP contribution is -2.31. The van der Waals surface area contributed by atoms with Gasteiger partial charge in [0, 0.05) is 23.4 Å². The van der Waals surface area contributed by atoms with Crippen LogP contribution in [-0.4, -0.2) is 15.7 Å². The van der Waals surface area contributed by atoms with Crippen molar-refractivity contribution < 1.29 is 13.6 Å². The zero-order chi connectivity index (χ0) is 25.2. The summed E-state index contributed by atoms with van der Waals surface area (Å²) in [5.74, 6) is -2.02. The second kappa shape index (κ2) is 9.64. The van der Waals surface area contributed by atoms with Gasteiger partial charge in [0.25, 0.3) is 0 Å². The van der Waals surface area contributed by atoms with Crippen molar-refractivity contribution in [3.63, 3.8) is 0 Å². The van der Waals surface area contributed by atoms with E-state index in [1.54, 1.807) is 18.2 Å². The highest BCUT2D eigenvalue weighted by Gasteiger charge is 2.26. The Labute approximate surface area is 209 Å². The van der Waals surface area contributed by atoms with E-state index in [0.717, 1.165) is 5.56 Å². The molecule has 0 aliphatic carbocycles. The summed E-state index contributed by atoms with van der Waals surface area (Å²) in [4.78, 5) is 25.9. The van der Waals surface area contributed by atoms with Gasteiger partial charge in [0.1, 0.15) is 22.7 Å². The lowest BCUT2D eigenvalue weighted by Gasteiger charge is -2.09. The van der Waals surface area contributed by atoms with Crippen LogP contribution in [-0.2, 0) is 17.8 Å². The molecule has 5 aromatic rings. The van der Waals surface area contributed by atoms with Gasteiger partial charge in [-0.15, -0.1) is 0 Å². The first-order chi connectivity index (χ1) is 17.4. The van der Waals surface area contributed by atoms with Gasteiger partial charge in [-0.3, -0.25) is 4.79 Å². The lowest BCUT2D eigenvalue weighted by molar-refractivity contribution is -0.123. The molecule has 3 aromatic carbocycles. The fourth-order valence-electron chi connectivity index (χ4n) is 4.06. The molecular weight excluding hydrogens is 483 g/mol. The molecule has 36 heavy (non-hydrogen) atoms. The van der Waals surface area contributed by atoms with Crippen LogP contribution >= 0.6 is 11.6 Å². The fraction of sp³-hybridized carbons (Fsp3) is 0.111. The van der Waals surface area contributed by atoms with Crippen molar-refractivity contribution in [2.45, 2.75) is 13.0 Å². The minimum atomic E-state index is -1.11. The molecule has 0 aliphatic rings. The monoisotopic (exact) mass is 500 g/mol. The predicted molar refractivity (Wildman–Crippen MR) is 133 cm³/mol. The first-order valence-electron chi connectivity index (χ1n) is 11.1. The van der Waals surface area contributed by atoms with Crippen LogP contribution in [0.5, 0.6) is 0 Å². The molecule has 1 unspecified atom stereocenters. The van der Waals surface area contributed by atoms with Crippen LogP contribution in [0.1, 0.15) is 11.3 Å². The zero-order valence-electron chi connectivity index (χ0n) is 18.7. The van der Waals surface area contributed by atoms with Gasteiger partial charge in [-0.2, -0.15) is 10.4 Å². The standard InChI is InChI=1S/C27H18ClFN4O3/c28-18-6-11-23-21(13-18)25-24(27(35)36-23)22(32-33(25)20-9-7-19(29)8-10-20)12-17(14-30)26(34)31-15-16-4-2-1-3-5-16/h1-11,13,17H,12,15H2,(H,31,34). The molecule has 178 valence electrons. The number of hydrogen-bond donors (Lipinski definition) is 1. The Balaban J connectivity index is 1.60. The first kappa shape index (κ1) is 23.3. The van der Waals surface area contributed by atoms with Crippen LogP contribution in [0.2, 0.25) is 5.02 Å². The Morgan fingerprint density at radius 1 is 1.14 bits per heavy atom. The Morgan fingerprint density at radius 3 is 2.61 bits per heavy atom. The normalized spacial score (nSPS) is 11.9. The summed E-state index contributed by atoms with van der Waals surface area (Å²) >= 11 is 6.22. The number of rotatable bonds is 6. The van der Waals surface area contributed by atoms with Gasteiger partial charge in [0.15, 0.2) is 0 Å². The number of nitrogens with one attached hydrogen (secondary N) is 1. The van der Waals surface area contributed by atoms with E-state index in [2.05, 4.69) is 10.4 Å². The van der Waals surface area contributed by atoms with E-state index in [9.17, 15) is 19.2 Å². The summed E-state index contributed by atoms with van der Waals surface area (Å²) in [6, 6.07) is 21.7. The summed E-state index contributed by atoms with van der Waals surface area (Å²) in [6.45, 7) is 0.258. The largest absolute Gasteiger partial charge is 0.422 e. The van der Waals surface area contributed by atoms with Crippen molar-refractivity contribution in [2.24, 2.45) is 5.92 Å². The number of aromatic nitrogens is 2. The number of carbonyl (C=O) groups is 1. The van der Waals surface area contributed by atoms with E-state index in [0.29, 0.717) is 27.2 Å². The molecule has 2 heterocycles. The Morgan fingerprint density at radius 2 is 1.89 bits per heavy atom. The zero-order valence-corrected chi connectivity index (χ0v) is 19.5. The highest BCUT2D eigenvalue weighted by molar-refractivity contribution is 6.31. The molecule has 9 heteroatoms. The van der Waals surface area contributed by atoms with Gasteiger partial charge in [0.05, 0.1) is 23.0 Å². The summed E-state index contributed by atoms with van der Waals surface area (Å²) < 4.78 is 20.6. The van der Waals surface area contributed by atoms with Gasteiger partial charge in [-0.25, -0.2) is 13.9 Å². The Bertz CT molecular complexity index is 1690. The van der Waals surface area contributed by atoms with Crippen molar-refractivity contribution in [3.8, 4) is 11.8 Å².